The van der Waals surface area contributed by atoms with Gasteiger partial charge in [-0.25, -0.2) is 0 Å². The van der Waals surface area contributed by atoms with Crippen molar-refractivity contribution in [3.05, 3.63) is 71.8 Å². The van der Waals surface area contributed by atoms with E-state index in [1.54, 1.807) is 4.90 Å². The molecule has 0 spiro atoms. The molecule has 1 aliphatic rings. The first kappa shape index (κ1) is 15.3. The molecule has 2 unspecified atom stereocenters. The lowest BCUT2D eigenvalue weighted by Gasteiger charge is -2.16. The number of carbonyl (C=O) groups is 2. The molecule has 118 valence electrons. The molecule has 2 aromatic rings. The third-order valence-electron chi connectivity index (χ3n) is 4.42. The molecule has 3 rings (SSSR count). The zero-order valence-corrected chi connectivity index (χ0v) is 12.8. The van der Waals surface area contributed by atoms with Gasteiger partial charge >= 0.3 is 5.97 Å². The molecule has 0 saturated carbocycles. The molecule has 4 heteroatoms. The Morgan fingerprint density at radius 2 is 1.57 bits per heavy atom. The van der Waals surface area contributed by atoms with Crippen LogP contribution >= 0.6 is 0 Å². The second-order valence-electron chi connectivity index (χ2n) is 5.92. The third kappa shape index (κ3) is 3.42. The van der Waals surface area contributed by atoms with Gasteiger partial charge in [0.05, 0.1) is 12.3 Å². The highest BCUT2D eigenvalue weighted by Gasteiger charge is 2.40. The number of hydrogen-bond acceptors (Lipinski definition) is 2. The molecule has 1 N–H and O–H groups in total. The van der Waals surface area contributed by atoms with E-state index in [4.69, 9.17) is 0 Å². The number of likely N-dealkylation sites (tertiary alicyclic amines) is 1. The maximum Gasteiger partial charge on any atom is 0.308 e. The SMILES string of the molecule is O=C(O)C1CN(C(=O)Cc2ccccc2)CC1c1ccccc1. The maximum absolute atomic E-state index is 12.5. The molecule has 1 heterocycles. The Bertz CT molecular complexity index is 684. The monoisotopic (exact) mass is 309 g/mol. The fourth-order valence-electron chi connectivity index (χ4n) is 3.18. The van der Waals surface area contributed by atoms with E-state index in [9.17, 15) is 14.7 Å². The molecule has 0 aliphatic carbocycles. The van der Waals surface area contributed by atoms with Gasteiger partial charge in [-0.3, -0.25) is 9.59 Å². The lowest BCUT2D eigenvalue weighted by molar-refractivity contribution is -0.141. The minimum atomic E-state index is -0.839. The number of carbonyl (C=O) groups excluding carboxylic acids is 1. The summed E-state index contributed by atoms with van der Waals surface area (Å²) in [4.78, 5) is 25.8. The fourth-order valence-corrected chi connectivity index (χ4v) is 3.18. The van der Waals surface area contributed by atoms with E-state index in [0.29, 0.717) is 13.0 Å². The predicted octanol–water partition coefficient (Wildman–Crippen LogP) is 2.56. The van der Waals surface area contributed by atoms with Gasteiger partial charge in [-0.2, -0.15) is 0 Å². The Morgan fingerprint density at radius 1 is 0.957 bits per heavy atom. The van der Waals surface area contributed by atoms with Crippen molar-refractivity contribution in [3.8, 4) is 0 Å². The first-order valence-electron chi connectivity index (χ1n) is 7.74. The quantitative estimate of drug-likeness (QED) is 0.944. The van der Waals surface area contributed by atoms with Gasteiger partial charge in [0.15, 0.2) is 0 Å². The molecule has 1 amide bonds. The van der Waals surface area contributed by atoms with Gasteiger partial charge in [0.25, 0.3) is 0 Å². The maximum atomic E-state index is 12.5. The highest BCUT2D eigenvalue weighted by atomic mass is 16.4. The summed E-state index contributed by atoms with van der Waals surface area (Å²) in [5.41, 5.74) is 1.93. The third-order valence-corrected chi connectivity index (χ3v) is 4.42. The molecule has 0 bridgehead atoms. The Kier molecular flexibility index (Phi) is 4.42. The van der Waals surface area contributed by atoms with Crippen molar-refractivity contribution in [2.45, 2.75) is 12.3 Å². The van der Waals surface area contributed by atoms with E-state index in [1.165, 1.54) is 0 Å². The van der Waals surface area contributed by atoms with Crippen molar-refractivity contribution in [2.24, 2.45) is 5.92 Å². The van der Waals surface area contributed by atoms with Crippen LogP contribution in [0.3, 0.4) is 0 Å². The van der Waals surface area contributed by atoms with Crippen molar-refractivity contribution >= 4 is 11.9 Å². The van der Waals surface area contributed by atoms with Crippen LogP contribution < -0.4 is 0 Å². The van der Waals surface area contributed by atoms with Crippen LogP contribution in [0.4, 0.5) is 0 Å². The molecule has 1 fully saturated rings. The highest BCUT2D eigenvalue weighted by molar-refractivity contribution is 5.81. The number of carboxylic acids is 1. The molecule has 1 aliphatic heterocycles. The number of hydrogen-bond donors (Lipinski definition) is 1. The van der Waals surface area contributed by atoms with Crippen LogP contribution in [0.25, 0.3) is 0 Å². The van der Waals surface area contributed by atoms with Gasteiger partial charge in [-0.05, 0) is 11.1 Å². The molecule has 23 heavy (non-hydrogen) atoms. The lowest BCUT2D eigenvalue weighted by Crippen LogP contribution is -2.31. The fraction of sp³-hybridized carbons (Fsp3) is 0.263. The number of carboxylic acid groups (broad SMARTS) is 1. The first-order valence-corrected chi connectivity index (χ1v) is 7.74. The number of amides is 1. The Labute approximate surface area is 135 Å². The van der Waals surface area contributed by atoms with E-state index in [0.717, 1.165) is 11.1 Å². The van der Waals surface area contributed by atoms with Gasteiger partial charge < -0.3 is 10.0 Å². The number of rotatable bonds is 4. The molecular weight excluding hydrogens is 290 g/mol. The van der Waals surface area contributed by atoms with E-state index in [-0.39, 0.29) is 18.4 Å². The summed E-state index contributed by atoms with van der Waals surface area (Å²) >= 11 is 0. The summed E-state index contributed by atoms with van der Waals surface area (Å²) in [6, 6.07) is 19.1. The summed E-state index contributed by atoms with van der Waals surface area (Å²) in [7, 11) is 0. The Hall–Kier alpha value is -2.62. The Morgan fingerprint density at radius 3 is 2.17 bits per heavy atom. The van der Waals surface area contributed by atoms with Crippen LogP contribution in [0.2, 0.25) is 0 Å². The molecule has 4 nitrogen and oxygen atoms in total. The summed E-state index contributed by atoms with van der Waals surface area (Å²) in [6.07, 6.45) is 0.314. The van der Waals surface area contributed by atoms with Gasteiger partial charge in [-0.1, -0.05) is 60.7 Å². The van der Waals surface area contributed by atoms with Crippen molar-refractivity contribution in [1.82, 2.24) is 4.90 Å². The molecule has 0 aromatic heterocycles. The molecule has 2 aromatic carbocycles. The zero-order chi connectivity index (χ0) is 16.2. The number of nitrogens with zero attached hydrogens (tertiary/aromatic N) is 1. The highest BCUT2D eigenvalue weighted by Crippen LogP contribution is 2.33. The van der Waals surface area contributed by atoms with E-state index in [2.05, 4.69) is 0 Å². The molecule has 0 radical (unpaired) electrons. The summed E-state index contributed by atoms with van der Waals surface area (Å²) in [6.45, 7) is 0.743. The minimum Gasteiger partial charge on any atom is -0.481 e. The second-order valence-corrected chi connectivity index (χ2v) is 5.92. The molecule has 1 saturated heterocycles. The van der Waals surface area contributed by atoms with Gasteiger partial charge in [0.1, 0.15) is 0 Å². The van der Waals surface area contributed by atoms with Crippen LogP contribution in [0.1, 0.15) is 17.0 Å². The van der Waals surface area contributed by atoms with Crippen LogP contribution in [0.5, 0.6) is 0 Å². The number of benzene rings is 2. The van der Waals surface area contributed by atoms with Crippen molar-refractivity contribution in [1.29, 1.82) is 0 Å². The van der Waals surface area contributed by atoms with Gasteiger partial charge in [0.2, 0.25) is 5.91 Å². The normalized spacial score (nSPS) is 20.4. The number of aliphatic carboxylic acids is 1. The van der Waals surface area contributed by atoms with Crippen LogP contribution in [0, 0.1) is 5.92 Å². The second kappa shape index (κ2) is 6.65. The first-order chi connectivity index (χ1) is 11.1. The van der Waals surface area contributed by atoms with Crippen LogP contribution in [0.15, 0.2) is 60.7 Å². The average molecular weight is 309 g/mol. The molecule has 2 atom stereocenters. The van der Waals surface area contributed by atoms with Crippen molar-refractivity contribution in [2.75, 3.05) is 13.1 Å². The summed E-state index contributed by atoms with van der Waals surface area (Å²) in [5, 5.41) is 9.50. The summed E-state index contributed by atoms with van der Waals surface area (Å²) < 4.78 is 0. The standard InChI is InChI=1S/C19H19NO3/c21-18(11-14-7-3-1-4-8-14)20-12-16(17(13-20)19(22)23)15-9-5-2-6-10-15/h1-10,16-17H,11-13H2,(H,22,23). The van der Waals surface area contributed by atoms with E-state index < -0.39 is 11.9 Å². The largest absolute Gasteiger partial charge is 0.481 e. The predicted molar refractivity (Wildman–Crippen MR) is 87.0 cm³/mol. The zero-order valence-electron chi connectivity index (χ0n) is 12.8. The van der Waals surface area contributed by atoms with Crippen molar-refractivity contribution < 1.29 is 14.7 Å². The smallest absolute Gasteiger partial charge is 0.308 e. The van der Waals surface area contributed by atoms with Gasteiger partial charge in [0, 0.05) is 19.0 Å². The minimum absolute atomic E-state index is 0.0131. The topological polar surface area (TPSA) is 57.6 Å². The van der Waals surface area contributed by atoms with Crippen molar-refractivity contribution in [3.63, 3.8) is 0 Å². The summed E-state index contributed by atoms with van der Waals surface area (Å²) in [5.74, 6) is -1.54. The molecular formula is C19H19NO3. The van der Waals surface area contributed by atoms with E-state index in [1.807, 2.05) is 60.7 Å². The Balaban J connectivity index is 1.75. The average Bonchev–Trinajstić information content (AvgIpc) is 3.02. The van der Waals surface area contributed by atoms with Crippen LogP contribution in [-0.4, -0.2) is 35.0 Å². The van der Waals surface area contributed by atoms with Gasteiger partial charge in [-0.15, -0.1) is 0 Å². The van der Waals surface area contributed by atoms with Crippen LogP contribution in [-0.2, 0) is 16.0 Å². The lowest BCUT2D eigenvalue weighted by atomic mass is 9.89. The van der Waals surface area contributed by atoms with E-state index >= 15 is 0 Å².